The maximum atomic E-state index is 14.5. The Morgan fingerprint density at radius 1 is 0.613 bits per heavy atom. The number of nitrogens with one attached hydrogen (secondary N) is 8. The largest absolute Gasteiger partial charge is 0.508 e. The van der Waals surface area contributed by atoms with Crippen molar-refractivity contribution in [1.82, 2.24) is 42.5 Å². The van der Waals surface area contributed by atoms with E-state index in [1.54, 1.807) is 58.0 Å². The Balaban J connectivity index is 1.18. The van der Waals surface area contributed by atoms with Gasteiger partial charge in [-0.05, 0) is 104 Å². The highest BCUT2D eigenvalue weighted by molar-refractivity contribution is 5.95. The van der Waals surface area contributed by atoms with E-state index in [0.29, 0.717) is 49.1 Å². The summed E-state index contributed by atoms with van der Waals surface area (Å²) < 4.78 is 11.4. The number of hydrogen-bond acceptors (Lipinski definition) is 11. The first-order valence-electron chi connectivity index (χ1n) is 26.9. The lowest BCUT2D eigenvalue weighted by molar-refractivity contribution is -0.129. The van der Waals surface area contributed by atoms with E-state index in [1.165, 1.54) is 12.1 Å². The molecule has 3 atom stereocenters. The van der Waals surface area contributed by atoms with Crippen LogP contribution < -0.4 is 53.0 Å². The lowest BCUT2D eigenvalue weighted by Crippen LogP contribution is -2.48. The van der Waals surface area contributed by atoms with Gasteiger partial charge >= 0.3 is 12.1 Å². The van der Waals surface area contributed by atoms with E-state index < -0.39 is 53.4 Å². The van der Waals surface area contributed by atoms with Crippen molar-refractivity contribution in [3.8, 4) is 22.6 Å². The zero-order valence-corrected chi connectivity index (χ0v) is 46.0. The number of rotatable bonds is 29. The van der Waals surface area contributed by atoms with Crippen molar-refractivity contribution in [2.75, 3.05) is 39.3 Å². The molecular weight excluding hydrogens is 1020 g/mol. The van der Waals surface area contributed by atoms with E-state index in [9.17, 15) is 38.7 Å². The van der Waals surface area contributed by atoms with Gasteiger partial charge in [-0.15, -0.1) is 0 Å². The van der Waals surface area contributed by atoms with Gasteiger partial charge in [-0.1, -0.05) is 116 Å². The number of hydrogen-bond donors (Lipinski definition) is 10. The second-order valence-electron chi connectivity index (χ2n) is 19.8. The molecule has 0 fully saturated rings. The van der Waals surface area contributed by atoms with Crippen molar-refractivity contribution in [2.45, 2.75) is 103 Å². The number of phenols is 1. The van der Waals surface area contributed by atoms with Gasteiger partial charge in [0.1, 0.15) is 29.2 Å². The normalized spacial score (nSPS) is 12.3. The third kappa shape index (κ3) is 23.0. The van der Waals surface area contributed by atoms with E-state index in [-0.39, 0.29) is 82.1 Å². The predicted molar refractivity (Wildman–Crippen MR) is 306 cm³/mol. The van der Waals surface area contributed by atoms with E-state index in [1.807, 2.05) is 91.0 Å². The number of benzene rings is 5. The minimum Gasteiger partial charge on any atom is -0.508 e. The molecule has 5 aromatic rings. The highest BCUT2D eigenvalue weighted by Crippen LogP contribution is 2.29. The number of carbonyl (C=O) groups is 7. The number of nitrogens with two attached hydrogens (primary N) is 1. The van der Waals surface area contributed by atoms with Gasteiger partial charge in [-0.3, -0.25) is 34.3 Å². The van der Waals surface area contributed by atoms with Gasteiger partial charge in [-0.2, -0.15) is 0 Å². The number of ether oxygens (including phenoxy) is 2. The zero-order chi connectivity index (χ0) is 57.7. The summed E-state index contributed by atoms with van der Waals surface area (Å²) in [4.78, 5) is 95.3. The first-order valence-corrected chi connectivity index (χ1v) is 26.9. The minimum absolute atomic E-state index is 0.0235. The summed E-state index contributed by atoms with van der Waals surface area (Å²) in [6.07, 6.45) is 1.42. The fourth-order valence-corrected chi connectivity index (χ4v) is 8.09. The summed E-state index contributed by atoms with van der Waals surface area (Å²) in [6, 6.07) is 37.9. The number of carbonyl (C=O) groups excluding carboxylic acids is 7. The fraction of sp³-hybridized carbons (Fsp3) is 0.367. The van der Waals surface area contributed by atoms with Crippen molar-refractivity contribution >= 4 is 47.6 Å². The molecule has 11 N–H and O–H groups in total. The van der Waals surface area contributed by atoms with E-state index >= 15 is 0 Å². The Kier molecular flexibility index (Phi) is 25.3. The molecule has 5 rings (SSSR count). The first-order chi connectivity index (χ1) is 38.5. The van der Waals surface area contributed by atoms with Crippen LogP contribution >= 0.6 is 0 Å². The smallest absolute Gasteiger partial charge is 0.407 e. The maximum Gasteiger partial charge on any atom is 0.407 e. The SMILES string of the molecule is CCC(=O)NCCNC(=O)NC(N)=NCCC[C@@H](NC(=O)C(c1ccccc1)c1cccc(OCCCCNC(=O)[C@@H](Cc2ccc(-c3ccccc3)cc2)NC(=O)CCNC(=O)OC(C)(C)C)c1)C(=O)NCc1ccc(O)cc1. The monoisotopic (exact) mass is 1100 g/mol. The van der Waals surface area contributed by atoms with E-state index in [0.717, 1.165) is 22.3 Å². The molecule has 5 aromatic carbocycles. The molecule has 0 aliphatic carbocycles. The van der Waals surface area contributed by atoms with Crippen LogP contribution in [0, 0.1) is 0 Å². The summed E-state index contributed by atoms with van der Waals surface area (Å²) in [6.45, 7) is 8.24. The molecule has 0 spiro atoms. The van der Waals surface area contributed by atoms with Gasteiger partial charge in [0, 0.05) is 58.5 Å². The second-order valence-corrected chi connectivity index (χ2v) is 19.8. The van der Waals surface area contributed by atoms with Gasteiger partial charge in [0.25, 0.3) is 0 Å². The molecule has 0 bridgehead atoms. The molecule has 0 saturated carbocycles. The number of nitrogens with zero attached hydrogens (tertiary/aromatic N) is 1. The summed E-state index contributed by atoms with van der Waals surface area (Å²) in [5, 5.41) is 31.7. The second kappa shape index (κ2) is 32.7. The molecular formula is C60H76N10O10. The van der Waals surface area contributed by atoms with Gasteiger partial charge < -0.3 is 57.5 Å². The lowest BCUT2D eigenvalue weighted by Gasteiger charge is -2.23. The van der Waals surface area contributed by atoms with Crippen LogP contribution in [0.25, 0.3) is 11.1 Å². The number of aliphatic imine (C=N–C) groups is 1. The Labute approximate surface area is 467 Å². The average molecular weight is 1100 g/mol. The Bertz CT molecular complexity index is 2810. The zero-order valence-electron chi connectivity index (χ0n) is 46.0. The summed E-state index contributed by atoms with van der Waals surface area (Å²) in [5.74, 6) is -2.22. The Morgan fingerprint density at radius 3 is 1.96 bits per heavy atom. The van der Waals surface area contributed by atoms with Gasteiger partial charge in [-0.25, -0.2) is 9.59 Å². The van der Waals surface area contributed by atoms with Crippen LogP contribution in [-0.2, 0) is 41.7 Å². The fourth-order valence-electron chi connectivity index (χ4n) is 8.09. The Hall–Kier alpha value is -8.94. The molecule has 1 unspecified atom stereocenters. The predicted octanol–water partition coefficient (Wildman–Crippen LogP) is 5.83. The standard InChI is InChI=1S/C60H76N10O10/c1-5-51(72)62-35-36-65-58(77)70-57(61)64-33-15-22-49(54(74)67-40-42-25-29-47(71)30-26-42)69-56(76)53(45-18-10-7-11-19-45)46-20-14-21-48(39-46)79-37-13-12-32-63-55(75)50(68-52(73)31-34-66-59(78)80-60(2,3)4)38-41-23-27-44(28-24-41)43-16-8-6-9-17-43/h6-11,14,16-21,23-30,39,49-50,53,71H,5,12-13,15,22,31-38,40H2,1-4H3,(H,62,72)(H,63,75)(H,66,78)(H,67,74)(H,68,73)(H,69,76)(H4,61,64,65,70,77)/t49-,50-,53?/m1/s1. The van der Waals surface area contributed by atoms with Crippen LogP contribution in [0.15, 0.2) is 138 Å². The molecule has 0 aliphatic rings. The number of urea groups is 1. The molecule has 0 radical (unpaired) electrons. The molecule has 80 heavy (non-hydrogen) atoms. The lowest BCUT2D eigenvalue weighted by atomic mass is 9.90. The molecule has 0 heterocycles. The van der Waals surface area contributed by atoms with E-state index in [4.69, 9.17) is 15.2 Å². The van der Waals surface area contributed by atoms with Crippen molar-refractivity contribution < 1.29 is 48.1 Å². The number of amides is 8. The molecule has 0 aromatic heterocycles. The van der Waals surface area contributed by atoms with Crippen LogP contribution in [0.5, 0.6) is 11.5 Å². The summed E-state index contributed by atoms with van der Waals surface area (Å²) in [7, 11) is 0. The van der Waals surface area contributed by atoms with Gasteiger partial charge in [0.05, 0.1) is 12.5 Å². The number of unbranched alkanes of at least 4 members (excludes halogenated alkanes) is 1. The van der Waals surface area contributed by atoms with E-state index in [2.05, 4.69) is 47.5 Å². The number of guanidine groups is 1. The average Bonchev–Trinajstić information content (AvgIpc) is 3.44. The number of alkyl carbamates (subject to hydrolysis) is 1. The molecule has 0 saturated heterocycles. The van der Waals surface area contributed by atoms with Gasteiger partial charge in [0.15, 0.2) is 5.96 Å². The minimum atomic E-state index is -1.01. The third-order valence-electron chi connectivity index (χ3n) is 12.2. The van der Waals surface area contributed by atoms with Crippen molar-refractivity contribution in [1.29, 1.82) is 0 Å². The number of aromatic hydroxyl groups is 1. The van der Waals surface area contributed by atoms with Crippen molar-refractivity contribution in [3.63, 3.8) is 0 Å². The molecule has 20 heteroatoms. The molecule has 0 aliphatic heterocycles. The quantitative estimate of drug-likeness (QED) is 0.0154. The van der Waals surface area contributed by atoms with Crippen LogP contribution in [0.2, 0.25) is 0 Å². The third-order valence-corrected chi connectivity index (χ3v) is 12.2. The van der Waals surface area contributed by atoms with Crippen LogP contribution in [0.4, 0.5) is 9.59 Å². The van der Waals surface area contributed by atoms with Gasteiger partial charge in [0.2, 0.25) is 29.5 Å². The van der Waals surface area contributed by atoms with Crippen LogP contribution in [0.1, 0.15) is 94.4 Å². The molecule has 20 nitrogen and oxygen atoms in total. The highest BCUT2D eigenvalue weighted by Gasteiger charge is 2.29. The highest BCUT2D eigenvalue weighted by atomic mass is 16.6. The number of phenolic OH excluding ortho intramolecular Hbond substituents is 1. The topological polar surface area (TPSA) is 293 Å². The maximum absolute atomic E-state index is 14.5. The summed E-state index contributed by atoms with van der Waals surface area (Å²) in [5.41, 5.74) is 10.2. The molecule has 426 valence electrons. The van der Waals surface area contributed by atoms with Crippen LogP contribution in [-0.4, -0.2) is 110 Å². The Morgan fingerprint density at radius 2 is 1.26 bits per heavy atom. The van der Waals surface area contributed by atoms with Crippen molar-refractivity contribution in [2.24, 2.45) is 10.7 Å². The first kappa shape index (κ1) is 61.9. The molecule has 8 amide bonds. The summed E-state index contributed by atoms with van der Waals surface area (Å²) >= 11 is 0. The van der Waals surface area contributed by atoms with Crippen LogP contribution in [0.3, 0.4) is 0 Å². The van der Waals surface area contributed by atoms with Crippen molar-refractivity contribution in [3.05, 3.63) is 156 Å².